The van der Waals surface area contributed by atoms with Gasteiger partial charge in [0.05, 0.1) is 5.67 Å². The van der Waals surface area contributed by atoms with E-state index in [1.54, 1.807) is 28.3 Å². The van der Waals surface area contributed by atoms with Gasteiger partial charge in [0, 0.05) is 47.5 Å². The van der Waals surface area contributed by atoms with Crippen LogP contribution in [0, 0.1) is 0 Å². The number of hydrogen-bond acceptors (Lipinski definition) is 6. The lowest BCUT2D eigenvalue weighted by Crippen LogP contribution is -2.65. The van der Waals surface area contributed by atoms with E-state index in [1.165, 1.54) is 0 Å². The first-order valence-corrected chi connectivity index (χ1v) is 9.12. The molecule has 1 rings (SSSR count). The molecule has 2 unspecified atom stereocenters. The van der Waals surface area contributed by atoms with E-state index in [4.69, 9.17) is 18.4 Å². The molecule has 0 aromatic carbocycles. The van der Waals surface area contributed by atoms with E-state index in [-0.39, 0.29) is 5.67 Å². The van der Waals surface area contributed by atoms with Crippen LogP contribution in [-0.2, 0) is 18.1 Å². The van der Waals surface area contributed by atoms with Crippen LogP contribution in [0.4, 0.5) is 0 Å². The molecule has 0 radical (unpaired) electrons. The molecule has 1 aliphatic rings. The predicted molar refractivity (Wildman–Crippen MR) is 81.1 cm³/mol. The molecule has 0 aromatic heterocycles. The Bertz CT molecular complexity index is 324. The molecule has 124 valence electrons. The van der Waals surface area contributed by atoms with Crippen molar-refractivity contribution in [1.82, 2.24) is 9.80 Å². The highest BCUT2D eigenvalue weighted by atomic mass is 28.4. The molecule has 0 bridgehead atoms. The lowest BCUT2D eigenvalue weighted by molar-refractivity contribution is -0.143. The zero-order chi connectivity index (χ0) is 16.0. The van der Waals surface area contributed by atoms with Gasteiger partial charge in [0.25, 0.3) is 0 Å². The third-order valence-corrected chi connectivity index (χ3v) is 7.64. The van der Waals surface area contributed by atoms with Gasteiger partial charge in [-0.1, -0.05) is 6.92 Å². The first-order chi connectivity index (χ1) is 9.95. The summed E-state index contributed by atoms with van der Waals surface area (Å²) < 4.78 is 16.8. The van der Waals surface area contributed by atoms with Crippen molar-refractivity contribution in [3.8, 4) is 0 Å². The molecule has 1 fully saturated rings. The summed E-state index contributed by atoms with van der Waals surface area (Å²) >= 11 is 0. The quantitative estimate of drug-likeness (QED) is 0.644. The molecule has 2 atom stereocenters. The van der Waals surface area contributed by atoms with Crippen molar-refractivity contribution < 1.29 is 23.2 Å². The zero-order valence-corrected chi connectivity index (χ0v) is 14.7. The maximum atomic E-state index is 11.1. The monoisotopic (exact) mass is 320 g/mol. The smallest absolute Gasteiger partial charge is 0.480 e. The normalized spacial score (nSPS) is 21.2. The molecule has 0 amide bonds. The Hall–Kier alpha value is -0.513. The fourth-order valence-electron chi connectivity index (χ4n) is 2.98. The minimum Gasteiger partial charge on any atom is -0.480 e. The fourth-order valence-corrected chi connectivity index (χ4v) is 5.50. The predicted octanol–water partition coefficient (Wildman–Crippen LogP) is 0.273. The van der Waals surface area contributed by atoms with Crippen LogP contribution in [0.25, 0.3) is 0 Å². The SMILES string of the molecule is CCC(N1CCN(C(C)C(=O)O)CC1)[Si](OC)(OC)OC. The summed E-state index contributed by atoms with van der Waals surface area (Å²) in [5, 5.41) is 9.09. The first-order valence-electron chi connectivity index (χ1n) is 7.32. The summed E-state index contributed by atoms with van der Waals surface area (Å²) in [6.45, 7) is 6.86. The van der Waals surface area contributed by atoms with Crippen LogP contribution in [-0.4, -0.2) is 88.9 Å². The van der Waals surface area contributed by atoms with Crippen LogP contribution in [0.3, 0.4) is 0 Å². The standard InChI is InChI=1S/C13H28N2O5Si/c1-6-12(21(18-3,19-4)20-5)15-9-7-14(8-10-15)11(2)13(16)17/h11-12H,6-10H2,1-5H3,(H,16,17). The average molecular weight is 320 g/mol. The summed E-state index contributed by atoms with van der Waals surface area (Å²) in [6, 6.07) is -0.443. The maximum absolute atomic E-state index is 11.1. The summed E-state index contributed by atoms with van der Waals surface area (Å²) in [5.41, 5.74) is 0.0970. The van der Waals surface area contributed by atoms with Gasteiger partial charge in [0.15, 0.2) is 0 Å². The van der Waals surface area contributed by atoms with Gasteiger partial charge in [-0.25, -0.2) is 0 Å². The summed E-state index contributed by atoms with van der Waals surface area (Å²) in [4.78, 5) is 15.3. The molecule has 0 aliphatic carbocycles. The number of carboxylic acids is 1. The van der Waals surface area contributed by atoms with E-state index in [0.717, 1.165) is 32.6 Å². The van der Waals surface area contributed by atoms with E-state index >= 15 is 0 Å². The number of hydrogen-bond donors (Lipinski definition) is 1. The van der Waals surface area contributed by atoms with E-state index in [0.29, 0.717) is 0 Å². The number of carbonyl (C=O) groups is 1. The Morgan fingerprint density at radius 1 is 1.10 bits per heavy atom. The molecule has 0 aromatic rings. The Kier molecular flexibility index (Phi) is 7.24. The first kappa shape index (κ1) is 18.5. The van der Waals surface area contributed by atoms with E-state index < -0.39 is 20.8 Å². The number of aliphatic carboxylic acids is 1. The van der Waals surface area contributed by atoms with Crippen LogP contribution in [0.15, 0.2) is 0 Å². The second-order valence-corrected chi connectivity index (χ2v) is 8.32. The second kappa shape index (κ2) is 8.21. The van der Waals surface area contributed by atoms with Gasteiger partial charge in [0.1, 0.15) is 6.04 Å². The van der Waals surface area contributed by atoms with Crippen molar-refractivity contribution in [3.63, 3.8) is 0 Å². The number of piperazine rings is 1. The third kappa shape index (κ3) is 4.02. The zero-order valence-electron chi connectivity index (χ0n) is 13.7. The number of rotatable bonds is 8. The van der Waals surface area contributed by atoms with Crippen molar-refractivity contribution >= 4 is 14.8 Å². The summed E-state index contributed by atoms with van der Waals surface area (Å²) in [6.07, 6.45) is 0.871. The third-order valence-electron chi connectivity index (χ3n) is 4.34. The van der Waals surface area contributed by atoms with Gasteiger partial charge in [-0.05, 0) is 13.3 Å². The second-order valence-electron chi connectivity index (χ2n) is 5.23. The van der Waals surface area contributed by atoms with Crippen molar-refractivity contribution in [2.24, 2.45) is 0 Å². The molecule has 1 aliphatic heterocycles. The van der Waals surface area contributed by atoms with Gasteiger partial charge >= 0.3 is 14.8 Å². The minimum atomic E-state index is -2.71. The molecule has 0 saturated carbocycles. The van der Waals surface area contributed by atoms with Gasteiger partial charge < -0.3 is 18.4 Å². The number of carboxylic acid groups (broad SMARTS) is 1. The Labute approximate surface area is 128 Å². The van der Waals surface area contributed by atoms with Crippen molar-refractivity contribution in [1.29, 1.82) is 0 Å². The minimum absolute atomic E-state index is 0.0970. The summed E-state index contributed by atoms with van der Waals surface area (Å²) in [5.74, 6) is -0.773. The lowest BCUT2D eigenvalue weighted by atomic mass is 10.2. The molecule has 21 heavy (non-hydrogen) atoms. The Morgan fingerprint density at radius 3 is 1.86 bits per heavy atom. The highest BCUT2D eigenvalue weighted by Gasteiger charge is 2.49. The molecule has 8 heteroatoms. The largest absolute Gasteiger partial charge is 0.518 e. The molecular formula is C13H28N2O5Si. The Morgan fingerprint density at radius 2 is 1.52 bits per heavy atom. The van der Waals surface area contributed by atoms with E-state index in [2.05, 4.69) is 11.8 Å². The van der Waals surface area contributed by atoms with Crippen LogP contribution < -0.4 is 0 Å². The van der Waals surface area contributed by atoms with E-state index in [1.807, 2.05) is 4.90 Å². The maximum Gasteiger partial charge on any atom is 0.518 e. The van der Waals surface area contributed by atoms with Gasteiger partial charge in [0.2, 0.25) is 0 Å². The van der Waals surface area contributed by atoms with Gasteiger partial charge in [-0.2, -0.15) is 0 Å². The van der Waals surface area contributed by atoms with Crippen LogP contribution in [0.2, 0.25) is 0 Å². The van der Waals surface area contributed by atoms with Crippen LogP contribution in [0.1, 0.15) is 20.3 Å². The molecule has 1 saturated heterocycles. The fraction of sp³-hybridized carbons (Fsp3) is 0.923. The van der Waals surface area contributed by atoms with Gasteiger partial charge in [-0.3, -0.25) is 14.6 Å². The van der Waals surface area contributed by atoms with Crippen molar-refractivity contribution in [2.45, 2.75) is 32.0 Å². The number of nitrogens with zero attached hydrogens (tertiary/aromatic N) is 2. The summed E-state index contributed by atoms with van der Waals surface area (Å²) in [7, 11) is 2.17. The van der Waals surface area contributed by atoms with Crippen molar-refractivity contribution in [3.05, 3.63) is 0 Å². The highest BCUT2D eigenvalue weighted by molar-refractivity contribution is 6.62. The van der Waals surface area contributed by atoms with Crippen LogP contribution in [0.5, 0.6) is 0 Å². The van der Waals surface area contributed by atoms with E-state index in [9.17, 15) is 4.79 Å². The topological polar surface area (TPSA) is 71.5 Å². The average Bonchev–Trinajstić information content (AvgIpc) is 2.52. The van der Waals surface area contributed by atoms with Crippen molar-refractivity contribution in [2.75, 3.05) is 47.5 Å². The lowest BCUT2D eigenvalue weighted by Gasteiger charge is -2.44. The highest BCUT2D eigenvalue weighted by Crippen LogP contribution is 2.22. The van der Waals surface area contributed by atoms with Gasteiger partial charge in [-0.15, -0.1) is 0 Å². The molecule has 7 nitrogen and oxygen atoms in total. The molecule has 0 spiro atoms. The molecule has 1 N–H and O–H groups in total. The molecular weight excluding hydrogens is 292 g/mol. The van der Waals surface area contributed by atoms with Crippen LogP contribution >= 0.6 is 0 Å². The Balaban J connectivity index is 2.72. The molecule has 1 heterocycles.